The topological polar surface area (TPSA) is 27.3 Å². The Kier molecular flexibility index (Phi) is 8.12. The summed E-state index contributed by atoms with van der Waals surface area (Å²) in [5, 5.41) is 7.51. The molecule has 0 radical (unpaired) electrons. The minimum absolute atomic E-state index is 0.191. The highest BCUT2D eigenvalue weighted by molar-refractivity contribution is 5.59. The van der Waals surface area contributed by atoms with Gasteiger partial charge in [-0.2, -0.15) is 0 Å². The smallest absolute Gasteiger partial charge is 0.0986 e. The predicted molar refractivity (Wildman–Crippen MR) is 152 cm³/mol. The van der Waals surface area contributed by atoms with Gasteiger partial charge in [0.15, 0.2) is 0 Å². The van der Waals surface area contributed by atoms with E-state index in [1.165, 1.54) is 22.4 Å². The molecule has 0 saturated carbocycles. The van der Waals surface area contributed by atoms with E-state index in [0.29, 0.717) is 0 Å². The van der Waals surface area contributed by atoms with E-state index in [2.05, 4.69) is 137 Å². The highest BCUT2D eigenvalue weighted by Gasteiger charge is 2.47. The molecule has 5 rings (SSSR count). The molecule has 1 atom stereocenters. The van der Waals surface area contributed by atoms with Gasteiger partial charge in [0.05, 0.1) is 5.54 Å². The molecule has 1 aliphatic rings. The van der Waals surface area contributed by atoms with Crippen molar-refractivity contribution in [1.82, 2.24) is 10.6 Å². The number of para-hydroxylation sites is 1. The molecule has 0 aromatic heterocycles. The van der Waals surface area contributed by atoms with E-state index in [1.807, 2.05) is 0 Å². The van der Waals surface area contributed by atoms with Gasteiger partial charge in [0, 0.05) is 24.7 Å². The van der Waals surface area contributed by atoms with Crippen LogP contribution in [-0.4, -0.2) is 32.7 Å². The lowest BCUT2D eigenvalue weighted by Gasteiger charge is -2.52. The van der Waals surface area contributed by atoms with Crippen LogP contribution in [0.2, 0.25) is 0 Å². The molecule has 36 heavy (non-hydrogen) atoms. The minimum atomic E-state index is -0.405. The van der Waals surface area contributed by atoms with Crippen molar-refractivity contribution in [2.75, 3.05) is 37.6 Å². The van der Waals surface area contributed by atoms with Crippen LogP contribution in [0.4, 0.5) is 5.69 Å². The Morgan fingerprint density at radius 3 is 1.67 bits per heavy atom. The monoisotopic (exact) mass is 475 g/mol. The Morgan fingerprint density at radius 2 is 1.06 bits per heavy atom. The third kappa shape index (κ3) is 5.09. The Balaban J connectivity index is 1.83. The second-order valence-corrected chi connectivity index (χ2v) is 9.61. The first-order chi connectivity index (χ1) is 17.9. The van der Waals surface area contributed by atoms with Crippen molar-refractivity contribution in [2.24, 2.45) is 0 Å². The third-order valence-corrected chi connectivity index (χ3v) is 7.42. The summed E-state index contributed by atoms with van der Waals surface area (Å²) in [6.07, 6.45) is 2.21. The molecule has 1 fully saturated rings. The van der Waals surface area contributed by atoms with Gasteiger partial charge in [-0.05, 0) is 61.3 Å². The Hall–Kier alpha value is -3.40. The number of rotatable bonds is 4. The first-order valence-corrected chi connectivity index (χ1v) is 13.3. The van der Waals surface area contributed by atoms with E-state index >= 15 is 0 Å². The Morgan fingerprint density at radius 1 is 0.556 bits per heavy atom. The number of nitrogens with zero attached hydrogens (tertiary/aromatic N) is 1. The first kappa shape index (κ1) is 24.3. The van der Waals surface area contributed by atoms with Crippen molar-refractivity contribution >= 4 is 5.69 Å². The summed E-state index contributed by atoms with van der Waals surface area (Å²) in [5.74, 6) is 0.191. The van der Waals surface area contributed by atoms with Crippen LogP contribution >= 0.6 is 0 Å². The number of hydrogen-bond donors (Lipinski definition) is 2. The van der Waals surface area contributed by atoms with Gasteiger partial charge in [-0.3, -0.25) is 0 Å². The zero-order valence-corrected chi connectivity index (χ0v) is 21.0. The lowest BCUT2D eigenvalue weighted by Crippen LogP contribution is -2.55. The van der Waals surface area contributed by atoms with Crippen LogP contribution < -0.4 is 15.5 Å². The van der Waals surface area contributed by atoms with E-state index < -0.39 is 5.54 Å². The molecule has 2 N–H and O–H groups in total. The van der Waals surface area contributed by atoms with Crippen LogP contribution in [-0.2, 0) is 5.54 Å². The summed E-state index contributed by atoms with van der Waals surface area (Å²) in [4.78, 5) is 2.68. The molecule has 0 amide bonds. The summed E-state index contributed by atoms with van der Waals surface area (Å²) < 4.78 is 0. The lowest BCUT2D eigenvalue weighted by molar-refractivity contribution is 0.359. The summed E-state index contributed by atoms with van der Waals surface area (Å²) in [7, 11) is 0. The van der Waals surface area contributed by atoms with Crippen molar-refractivity contribution in [2.45, 2.75) is 24.3 Å². The van der Waals surface area contributed by atoms with E-state index in [0.717, 1.165) is 45.6 Å². The van der Waals surface area contributed by atoms with E-state index in [1.54, 1.807) is 0 Å². The molecule has 3 nitrogen and oxygen atoms in total. The summed E-state index contributed by atoms with van der Waals surface area (Å²) in [6, 6.07) is 44.4. The van der Waals surface area contributed by atoms with Crippen molar-refractivity contribution in [3.63, 3.8) is 0 Å². The maximum absolute atomic E-state index is 3.85. The fourth-order valence-electron chi connectivity index (χ4n) is 5.83. The highest BCUT2D eigenvalue weighted by atomic mass is 15.2. The van der Waals surface area contributed by atoms with Crippen LogP contribution in [0.25, 0.3) is 0 Å². The summed E-state index contributed by atoms with van der Waals surface area (Å²) in [6.45, 7) is 4.90. The fourth-order valence-corrected chi connectivity index (χ4v) is 5.83. The summed E-state index contributed by atoms with van der Waals surface area (Å²) >= 11 is 0. The first-order valence-electron chi connectivity index (χ1n) is 13.3. The SMILES string of the molecule is c1ccc(C2CNCCCNCCCN(c3ccccc3)C2(c2ccccc2)c2ccccc2)cc1. The zero-order chi connectivity index (χ0) is 24.5. The molecule has 1 aliphatic heterocycles. The van der Waals surface area contributed by atoms with E-state index in [4.69, 9.17) is 0 Å². The number of benzene rings is 4. The van der Waals surface area contributed by atoms with Crippen molar-refractivity contribution in [1.29, 1.82) is 0 Å². The second-order valence-electron chi connectivity index (χ2n) is 9.61. The number of hydrogen-bond acceptors (Lipinski definition) is 3. The molecular formula is C33H37N3. The quantitative estimate of drug-likeness (QED) is 0.368. The van der Waals surface area contributed by atoms with Crippen LogP contribution in [0, 0.1) is 0 Å². The standard InChI is InChI=1S/C33H37N3/c1-5-15-28(16-6-1)32-27-35-24-13-23-34-25-14-26-36(31-21-11-4-12-22-31)33(32,29-17-7-2-8-18-29)30-19-9-3-10-20-30/h1-12,15-22,32,34-35H,13-14,23-27H2. The van der Waals surface area contributed by atoms with Gasteiger partial charge >= 0.3 is 0 Å². The predicted octanol–water partition coefficient (Wildman–Crippen LogP) is 6.19. The Labute approximate surface area is 216 Å². The second kappa shape index (κ2) is 12.0. The van der Waals surface area contributed by atoms with Gasteiger partial charge in [0.1, 0.15) is 0 Å². The third-order valence-electron chi connectivity index (χ3n) is 7.42. The minimum Gasteiger partial charge on any atom is -0.357 e. The van der Waals surface area contributed by atoms with Crippen LogP contribution in [0.1, 0.15) is 35.4 Å². The molecular weight excluding hydrogens is 438 g/mol. The maximum atomic E-state index is 3.85. The molecule has 0 bridgehead atoms. The normalized spacial score (nSPS) is 19.1. The van der Waals surface area contributed by atoms with Crippen LogP contribution in [0.3, 0.4) is 0 Å². The lowest BCUT2D eigenvalue weighted by atomic mass is 9.68. The molecule has 1 saturated heterocycles. The largest absolute Gasteiger partial charge is 0.357 e. The summed E-state index contributed by atoms with van der Waals surface area (Å²) in [5.41, 5.74) is 4.84. The molecule has 0 spiro atoms. The van der Waals surface area contributed by atoms with Gasteiger partial charge in [0.25, 0.3) is 0 Å². The molecule has 4 aromatic carbocycles. The van der Waals surface area contributed by atoms with E-state index in [9.17, 15) is 0 Å². The fraction of sp³-hybridized carbons (Fsp3) is 0.273. The average Bonchev–Trinajstić information content (AvgIpc) is 2.95. The molecule has 184 valence electrons. The molecule has 1 heterocycles. The number of anilines is 1. The van der Waals surface area contributed by atoms with Crippen LogP contribution in [0.15, 0.2) is 121 Å². The average molecular weight is 476 g/mol. The molecule has 4 aromatic rings. The number of nitrogens with one attached hydrogen (secondary N) is 2. The van der Waals surface area contributed by atoms with E-state index in [-0.39, 0.29) is 5.92 Å². The van der Waals surface area contributed by atoms with Gasteiger partial charge < -0.3 is 15.5 Å². The molecule has 3 heteroatoms. The molecule has 1 unspecified atom stereocenters. The highest BCUT2D eigenvalue weighted by Crippen LogP contribution is 2.49. The van der Waals surface area contributed by atoms with Crippen molar-refractivity contribution < 1.29 is 0 Å². The van der Waals surface area contributed by atoms with Gasteiger partial charge in [-0.25, -0.2) is 0 Å². The maximum Gasteiger partial charge on any atom is 0.0986 e. The van der Waals surface area contributed by atoms with Crippen molar-refractivity contribution in [3.8, 4) is 0 Å². The van der Waals surface area contributed by atoms with Crippen molar-refractivity contribution in [3.05, 3.63) is 138 Å². The van der Waals surface area contributed by atoms with Crippen LogP contribution in [0.5, 0.6) is 0 Å². The molecule has 0 aliphatic carbocycles. The Bertz CT molecular complexity index is 1070. The van der Waals surface area contributed by atoms with Gasteiger partial charge in [-0.1, -0.05) is 109 Å². The van der Waals surface area contributed by atoms with Gasteiger partial charge in [-0.15, -0.1) is 0 Å². The zero-order valence-electron chi connectivity index (χ0n) is 21.0. The van der Waals surface area contributed by atoms with Gasteiger partial charge in [0.2, 0.25) is 0 Å².